The maximum atomic E-state index is 14.2. The van der Waals surface area contributed by atoms with Crippen molar-refractivity contribution in [1.29, 1.82) is 0 Å². The van der Waals surface area contributed by atoms with Gasteiger partial charge in [-0.2, -0.15) is 0 Å². The Bertz CT molecular complexity index is 253. The molecule has 2 fully saturated rings. The molecule has 2 rings (SSSR count). The number of ether oxygens (including phenoxy) is 2. The number of alkyl halides is 1. The Labute approximate surface area is 117 Å². The average molecular weight is 272 g/mol. The fraction of sp³-hybridized carbons (Fsp3) is 1.00. The van der Waals surface area contributed by atoms with Crippen LogP contribution in [0.1, 0.15) is 65.2 Å². The molecule has 0 atom stereocenters. The highest BCUT2D eigenvalue weighted by Gasteiger charge is 2.39. The third-order valence-electron chi connectivity index (χ3n) is 4.68. The predicted molar refractivity (Wildman–Crippen MR) is 74.8 cm³/mol. The Kier molecular flexibility index (Phi) is 5.64. The van der Waals surface area contributed by atoms with Gasteiger partial charge in [0.15, 0.2) is 12.0 Å². The van der Waals surface area contributed by atoms with E-state index in [-0.39, 0.29) is 19.5 Å². The molecule has 1 saturated carbocycles. The summed E-state index contributed by atoms with van der Waals surface area (Å²) in [7, 11) is 0. The monoisotopic (exact) mass is 272 g/mol. The maximum Gasteiger partial charge on any atom is 0.160 e. The first-order valence-electron chi connectivity index (χ1n) is 8.09. The highest BCUT2D eigenvalue weighted by molar-refractivity contribution is 4.84. The van der Waals surface area contributed by atoms with Crippen LogP contribution < -0.4 is 0 Å². The van der Waals surface area contributed by atoms with E-state index in [9.17, 15) is 4.39 Å². The first-order valence-corrected chi connectivity index (χ1v) is 8.09. The van der Waals surface area contributed by atoms with Gasteiger partial charge in [0.25, 0.3) is 0 Å². The van der Waals surface area contributed by atoms with E-state index in [1.54, 1.807) is 0 Å². The van der Waals surface area contributed by atoms with Gasteiger partial charge in [-0.15, -0.1) is 0 Å². The van der Waals surface area contributed by atoms with Crippen LogP contribution in [0.15, 0.2) is 0 Å². The normalized spacial score (nSPS) is 40.3. The number of rotatable bonds is 5. The molecule has 0 aromatic heterocycles. The van der Waals surface area contributed by atoms with Crippen LogP contribution in [-0.4, -0.2) is 25.2 Å². The summed E-state index contributed by atoms with van der Waals surface area (Å²) in [6, 6.07) is 0. The van der Waals surface area contributed by atoms with Crippen LogP contribution in [0.5, 0.6) is 0 Å². The van der Waals surface area contributed by atoms with Crippen molar-refractivity contribution in [2.75, 3.05) is 13.2 Å². The van der Waals surface area contributed by atoms with E-state index < -0.39 is 5.67 Å². The molecule has 112 valence electrons. The zero-order chi connectivity index (χ0) is 13.7. The van der Waals surface area contributed by atoms with Crippen molar-refractivity contribution in [3.05, 3.63) is 0 Å². The number of halogens is 1. The second-order valence-electron chi connectivity index (χ2n) is 6.46. The van der Waals surface area contributed by atoms with E-state index in [0.29, 0.717) is 12.3 Å². The highest BCUT2D eigenvalue weighted by Crippen LogP contribution is 2.37. The Hall–Kier alpha value is -0.150. The van der Waals surface area contributed by atoms with Crippen molar-refractivity contribution in [2.45, 2.75) is 77.2 Å². The largest absolute Gasteiger partial charge is 0.349 e. The minimum Gasteiger partial charge on any atom is -0.349 e. The van der Waals surface area contributed by atoms with Gasteiger partial charge < -0.3 is 9.47 Å². The Morgan fingerprint density at radius 3 is 2.16 bits per heavy atom. The second kappa shape index (κ2) is 7.03. The molecule has 1 aliphatic carbocycles. The second-order valence-corrected chi connectivity index (χ2v) is 6.46. The van der Waals surface area contributed by atoms with Crippen molar-refractivity contribution >= 4 is 0 Å². The molecule has 3 heteroatoms. The van der Waals surface area contributed by atoms with E-state index in [0.717, 1.165) is 12.3 Å². The van der Waals surface area contributed by atoms with Gasteiger partial charge in [-0.25, -0.2) is 4.39 Å². The summed E-state index contributed by atoms with van der Waals surface area (Å²) in [6.45, 7) is 4.71. The molecule has 0 spiro atoms. The molecule has 1 saturated heterocycles. The molecule has 19 heavy (non-hydrogen) atoms. The number of hydrogen-bond donors (Lipinski definition) is 0. The van der Waals surface area contributed by atoms with Crippen LogP contribution in [0, 0.1) is 11.8 Å². The summed E-state index contributed by atoms with van der Waals surface area (Å²) < 4.78 is 25.6. The minimum absolute atomic E-state index is 0.150. The molecule has 0 bridgehead atoms. The molecule has 0 N–H and O–H groups in total. The quantitative estimate of drug-likeness (QED) is 0.735. The number of hydrogen-bond acceptors (Lipinski definition) is 2. The molecular weight excluding hydrogens is 243 g/mol. The Morgan fingerprint density at radius 2 is 1.63 bits per heavy atom. The van der Waals surface area contributed by atoms with Crippen LogP contribution in [-0.2, 0) is 9.47 Å². The molecule has 1 aliphatic heterocycles. The van der Waals surface area contributed by atoms with Crippen molar-refractivity contribution < 1.29 is 13.9 Å². The third-order valence-corrected chi connectivity index (χ3v) is 4.68. The third kappa shape index (κ3) is 4.16. The molecular formula is C16H29FO2. The zero-order valence-electron chi connectivity index (χ0n) is 12.5. The van der Waals surface area contributed by atoms with Crippen LogP contribution in [0.2, 0.25) is 0 Å². The van der Waals surface area contributed by atoms with Crippen LogP contribution in [0.4, 0.5) is 4.39 Å². The molecule has 0 amide bonds. The van der Waals surface area contributed by atoms with Crippen molar-refractivity contribution in [3.63, 3.8) is 0 Å². The molecule has 0 aromatic carbocycles. The van der Waals surface area contributed by atoms with Crippen LogP contribution in [0.25, 0.3) is 0 Å². The topological polar surface area (TPSA) is 18.5 Å². The van der Waals surface area contributed by atoms with E-state index in [1.165, 1.54) is 38.5 Å². The minimum atomic E-state index is -1.25. The molecule has 0 unspecified atom stereocenters. The van der Waals surface area contributed by atoms with Gasteiger partial charge in [0, 0.05) is 5.92 Å². The average Bonchev–Trinajstić information content (AvgIpc) is 2.41. The van der Waals surface area contributed by atoms with Crippen molar-refractivity contribution in [2.24, 2.45) is 11.8 Å². The maximum absolute atomic E-state index is 14.2. The summed E-state index contributed by atoms with van der Waals surface area (Å²) in [5.41, 5.74) is -1.25. The molecule has 1 heterocycles. The summed E-state index contributed by atoms with van der Waals surface area (Å²) in [5.74, 6) is 1.38. The summed E-state index contributed by atoms with van der Waals surface area (Å²) in [4.78, 5) is 0. The lowest BCUT2D eigenvalue weighted by molar-refractivity contribution is -0.257. The lowest BCUT2D eigenvalue weighted by Gasteiger charge is -2.39. The lowest BCUT2D eigenvalue weighted by atomic mass is 9.79. The smallest absolute Gasteiger partial charge is 0.160 e. The van der Waals surface area contributed by atoms with Gasteiger partial charge in [0.1, 0.15) is 0 Å². The molecule has 0 aromatic rings. The van der Waals surface area contributed by atoms with Crippen LogP contribution in [0.3, 0.4) is 0 Å². The molecule has 2 aliphatic rings. The van der Waals surface area contributed by atoms with Crippen LogP contribution >= 0.6 is 0 Å². The van der Waals surface area contributed by atoms with Gasteiger partial charge in [0.05, 0.1) is 13.2 Å². The van der Waals surface area contributed by atoms with E-state index in [4.69, 9.17) is 9.47 Å². The van der Waals surface area contributed by atoms with Gasteiger partial charge in [-0.3, -0.25) is 0 Å². The summed E-state index contributed by atoms with van der Waals surface area (Å²) in [5, 5.41) is 0. The standard InChI is InChI=1S/C16H29FO2/c1-3-5-13-6-8-14(9-7-13)15-18-11-16(17,10-4-2)12-19-15/h13-15H,3-12H2,1-2H3. The van der Waals surface area contributed by atoms with E-state index in [2.05, 4.69) is 6.92 Å². The fourth-order valence-electron chi connectivity index (χ4n) is 3.57. The van der Waals surface area contributed by atoms with Crippen molar-refractivity contribution in [1.82, 2.24) is 0 Å². The summed E-state index contributed by atoms with van der Waals surface area (Å²) in [6.07, 6.45) is 8.82. The first-order chi connectivity index (χ1) is 9.17. The SMILES string of the molecule is CCCC1CCC(C2OCC(F)(CCC)CO2)CC1. The Balaban J connectivity index is 1.73. The van der Waals surface area contributed by atoms with Gasteiger partial charge in [-0.05, 0) is 38.0 Å². The van der Waals surface area contributed by atoms with Gasteiger partial charge >= 0.3 is 0 Å². The summed E-state index contributed by atoms with van der Waals surface area (Å²) >= 11 is 0. The predicted octanol–water partition coefficient (Wildman–Crippen LogP) is 4.47. The first kappa shape index (κ1) is 15.2. The molecule has 2 nitrogen and oxygen atoms in total. The van der Waals surface area contributed by atoms with Gasteiger partial charge in [-0.1, -0.05) is 33.1 Å². The Morgan fingerprint density at radius 1 is 1.00 bits per heavy atom. The fourth-order valence-corrected chi connectivity index (χ4v) is 3.57. The van der Waals surface area contributed by atoms with Gasteiger partial charge in [0.2, 0.25) is 0 Å². The van der Waals surface area contributed by atoms with E-state index >= 15 is 0 Å². The zero-order valence-corrected chi connectivity index (χ0v) is 12.5. The highest BCUT2D eigenvalue weighted by atomic mass is 19.1. The molecule has 0 radical (unpaired) electrons. The lowest BCUT2D eigenvalue weighted by Crippen LogP contribution is -2.46. The van der Waals surface area contributed by atoms with Crippen molar-refractivity contribution in [3.8, 4) is 0 Å². The van der Waals surface area contributed by atoms with E-state index in [1.807, 2.05) is 6.92 Å².